The molecular weight excluding hydrogens is 390 g/mol. The minimum atomic E-state index is -0.236. The second-order valence-corrected chi connectivity index (χ2v) is 8.46. The summed E-state index contributed by atoms with van der Waals surface area (Å²) in [5.74, 6) is 1.38. The molecule has 0 spiro atoms. The van der Waals surface area contributed by atoms with Crippen molar-refractivity contribution >= 4 is 17.4 Å². The molecular formula is C23H35N7O. The topological polar surface area (TPSA) is 102 Å². The van der Waals surface area contributed by atoms with Crippen LogP contribution < -0.4 is 16.0 Å². The van der Waals surface area contributed by atoms with E-state index in [-0.39, 0.29) is 15.9 Å². The fraction of sp³-hybridized carbons (Fsp3) is 0.391. The zero-order valence-electron chi connectivity index (χ0n) is 18.2. The quantitative estimate of drug-likeness (QED) is 0.585. The lowest BCUT2D eigenvalue weighted by Crippen LogP contribution is -2.51. The third-order valence-corrected chi connectivity index (χ3v) is 5.53. The molecule has 0 aromatic carbocycles. The number of nitrogens with two attached hydrogens (primary N) is 1. The summed E-state index contributed by atoms with van der Waals surface area (Å²) in [7, 11) is 1.85. The largest absolute Gasteiger partial charge is 0.383 e. The summed E-state index contributed by atoms with van der Waals surface area (Å²) < 4.78 is 1.71. The highest BCUT2D eigenvalue weighted by Crippen LogP contribution is 2.28. The van der Waals surface area contributed by atoms with Gasteiger partial charge in [0.15, 0.2) is 0 Å². The Morgan fingerprint density at radius 3 is 2.90 bits per heavy atom. The first-order valence-electron chi connectivity index (χ1n) is 10.7. The first-order valence-corrected chi connectivity index (χ1v) is 10.7. The number of aryl methyl sites for hydroxylation is 1. The van der Waals surface area contributed by atoms with E-state index >= 15 is 0 Å². The lowest BCUT2D eigenvalue weighted by molar-refractivity contribution is 0.103. The monoisotopic (exact) mass is 425 g/mol. The van der Waals surface area contributed by atoms with Crippen LogP contribution in [0.5, 0.6) is 0 Å². The molecule has 168 valence electrons. The van der Waals surface area contributed by atoms with E-state index in [4.69, 9.17) is 10.7 Å². The molecule has 1 saturated heterocycles. The highest BCUT2D eigenvalue weighted by atomic mass is 16.1. The van der Waals surface area contributed by atoms with Gasteiger partial charge in [-0.15, -0.1) is 0 Å². The van der Waals surface area contributed by atoms with Gasteiger partial charge in [-0.05, 0) is 36.6 Å². The molecule has 4 heterocycles. The highest BCUT2D eigenvalue weighted by molar-refractivity contribution is 6.13. The number of carbonyl (C=O) groups excluding carboxylic acids is 1. The molecule has 0 bridgehead atoms. The zero-order chi connectivity index (χ0) is 22.0. The average molecular weight is 426 g/mol. The van der Waals surface area contributed by atoms with E-state index in [1.165, 1.54) is 0 Å². The molecule has 1 fully saturated rings. The third-order valence-electron chi connectivity index (χ3n) is 5.53. The van der Waals surface area contributed by atoms with Gasteiger partial charge in [0.1, 0.15) is 17.3 Å². The maximum absolute atomic E-state index is 13.5. The molecule has 31 heavy (non-hydrogen) atoms. The van der Waals surface area contributed by atoms with E-state index in [1.54, 1.807) is 29.2 Å². The summed E-state index contributed by atoms with van der Waals surface area (Å²) in [6.45, 7) is 7.06. The molecule has 3 N–H and O–H groups in total. The van der Waals surface area contributed by atoms with Crippen molar-refractivity contribution in [3.8, 4) is 11.1 Å². The molecule has 1 atom stereocenters. The summed E-state index contributed by atoms with van der Waals surface area (Å²) in [6.07, 6.45) is 6.29. The Hall–Kier alpha value is -3.26. The van der Waals surface area contributed by atoms with Crippen LogP contribution >= 0.6 is 0 Å². The van der Waals surface area contributed by atoms with Crippen molar-refractivity contribution in [2.24, 2.45) is 13.0 Å². The average Bonchev–Trinajstić information content (AvgIpc) is 3.19. The van der Waals surface area contributed by atoms with Crippen molar-refractivity contribution in [3.63, 3.8) is 0 Å². The molecule has 0 unspecified atom stereocenters. The molecule has 1 aliphatic rings. The second-order valence-electron chi connectivity index (χ2n) is 8.46. The van der Waals surface area contributed by atoms with Gasteiger partial charge in [-0.2, -0.15) is 5.10 Å². The van der Waals surface area contributed by atoms with Gasteiger partial charge in [0, 0.05) is 60.5 Å². The van der Waals surface area contributed by atoms with E-state index in [0.29, 0.717) is 23.2 Å². The van der Waals surface area contributed by atoms with Gasteiger partial charge in [0.05, 0.1) is 11.8 Å². The van der Waals surface area contributed by atoms with Gasteiger partial charge in [0.25, 0.3) is 0 Å². The van der Waals surface area contributed by atoms with Crippen molar-refractivity contribution in [1.29, 1.82) is 0 Å². The molecule has 3 aromatic heterocycles. The van der Waals surface area contributed by atoms with Gasteiger partial charge in [-0.25, -0.2) is 9.97 Å². The van der Waals surface area contributed by atoms with Crippen molar-refractivity contribution in [2.45, 2.75) is 26.3 Å². The summed E-state index contributed by atoms with van der Waals surface area (Å²) in [4.78, 5) is 24.6. The molecule has 0 amide bonds. The van der Waals surface area contributed by atoms with Crippen LogP contribution in [-0.2, 0) is 7.05 Å². The van der Waals surface area contributed by atoms with Crippen LogP contribution in [0.4, 0.5) is 11.6 Å². The molecule has 8 heteroatoms. The predicted octanol–water partition coefficient (Wildman–Crippen LogP) is 3.25. The number of nitrogens with zero attached hydrogens (tertiary/aromatic N) is 5. The number of nitrogen functional groups attached to an aromatic ring is 1. The van der Waals surface area contributed by atoms with Crippen molar-refractivity contribution in [3.05, 3.63) is 54.1 Å². The highest BCUT2D eigenvalue weighted by Gasteiger charge is 2.25. The Morgan fingerprint density at radius 1 is 1.35 bits per heavy atom. The predicted molar refractivity (Wildman–Crippen MR) is 128 cm³/mol. The van der Waals surface area contributed by atoms with Gasteiger partial charge >= 0.3 is 0 Å². The Balaban J connectivity index is 0.00000193. The number of hydrogen-bond donors (Lipinski definition) is 2. The van der Waals surface area contributed by atoms with E-state index in [2.05, 4.69) is 34.1 Å². The fourth-order valence-corrected chi connectivity index (χ4v) is 4.09. The van der Waals surface area contributed by atoms with Crippen LogP contribution in [0.15, 0.2) is 42.9 Å². The van der Waals surface area contributed by atoms with E-state index in [0.717, 1.165) is 43.0 Å². The maximum Gasteiger partial charge on any atom is 0.215 e. The maximum atomic E-state index is 13.5. The van der Waals surface area contributed by atoms with E-state index in [9.17, 15) is 4.79 Å². The number of aromatic nitrogens is 4. The minimum absolute atomic E-state index is 0. The first-order chi connectivity index (χ1) is 14.9. The van der Waals surface area contributed by atoms with Crippen LogP contribution in [0.2, 0.25) is 0 Å². The normalized spacial score (nSPS) is 16.6. The number of nitrogens with one attached hydrogen (secondary N) is 1. The van der Waals surface area contributed by atoms with Crippen molar-refractivity contribution in [1.82, 2.24) is 25.1 Å². The number of hydrogen-bond acceptors (Lipinski definition) is 7. The zero-order valence-corrected chi connectivity index (χ0v) is 18.2. The van der Waals surface area contributed by atoms with Crippen molar-refractivity contribution < 1.29 is 9.07 Å². The van der Waals surface area contributed by atoms with Crippen molar-refractivity contribution in [2.75, 3.05) is 30.3 Å². The molecule has 0 saturated carbocycles. The Kier molecular flexibility index (Phi) is 5.99. The van der Waals surface area contributed by atoms with Crippen LogP contribution in [0.3, 0.4) is 0 Å². The van der Waals surface area contributed by atoms with Gasteiger partial charge < -0.3 is 16.0 Å². The van der Waals surface area contributed by atoms with Crippen LogP contribution in [0.1, 0.15) is 40.6 Å². The number of carbonyl (C=O) groups is 1. The number of anilines is 2. The summed E-state index contributed by atoms with van der Waals surface area (Å²) in [5.41, 5.74) is 8.30. The lowest BCUT2D eigenvalue weighted by Gasteiger charge is -2.35. The van der Waals surface area contributed by atoms with Gasteiger partial charge in [0.2, 0.25) is 5.78 Å². The molecule has 4 rings (SSSR count). The van der Waals surface area contributed by atoms with Crippen LogP contribution in [0.25, 0.3) is 11.1 Å². The first kappa shape index (κ1) is 21.0. The SMILES string of the molecule is CC(C)C[C@H]1CN(c2ccc(-c3cnn(C)c3)c(C(=O)c3cccnc3N)n2)CCN1.[HH].[HH].[HH]. The second kappa shape index (κ2) is 8.85. The summed E-state index contributed by atoms with van der Waals surface area (Å²) >= 11 is 0. The number of pyridine rings is 2. The summed E-state index contributed by atoms with van der Waals surface area (Å²) in [5, 5.41) is 7.84. The molecule has 0 aliphatic carbocycles. The van der Waals surface area contributed by atoms with Crippen LogP contribution in [-0.4, -0.2) is 51.2 Å². The van der Waals surface area contributed by atoms with Gasteiger partial charge in [-0.3, -0.25) is 9.48 Å². The number of piperazine rings is 1. The van der Waals surface area contributed by atoms with Gasteiger partial charge in [-0.1, -0.05) is 13.8 Å². The molecule has 8 nitrogen and oxygen atoms in total. The number of ketones is 1. The third kappa shape index (κ3) is 4.59. The Morgan fingerprint density at radius 2 is 2.19 bits per heavy atom. The number of rotatable bonds is 6. The fourth-order valence-electron chi connectivity index (χ4n) is 4.09. The smallest absolute Gasteiger partial charge is 0.215 e. The van der Waals surface area contributed by atoms with E-state index in [1.807, 2.05) is 25.4 Å². The standard InChI is InChI=1S/C23H29N7O.3H2/c1-15(2)11-17-14-30(10-9-25-17)20-7-6-18(16-12-27-29(3)13-16)21(28-20)22(31)19-5-4-8-26-23(19)24;;;/h4-8,12-13,15,17,25H,9-11,14H2,1-3H3,(H2,24,26);3*1H/t17-;;;/m0.../s1. The summed E-state index contributed by atoms with van der Waals surface area (Å²) in [6, 6.07) is 7.75. The molecule has 1 aliphatic heterocycles. The lowest BCUT2D eigenvalue weighted by atomic mass is 10.00. The van der Waals surface area contributed by atoms with E-state index < -0.39 is 0 Å². The Bertz CT molecular complexity index is 1090. The molecule has 3 aromatic rings. The Labute approximate surface area is 187 Å². The minimum Gasteiger partial charge on any atom is -0.383 e. The van der Waals surface area contributed by atoms with Crippen LogP contribution in [0, 0.1) is 5.92 Å². The molecule has 0 radical (unpaired) electrons.